The first-order chi connectivity index (χ1) is 5.38. The van der Waals surface area contributed by atoms with Gasteiger partial charge in [-0.2, -0.15) is 0 Å². The van der Waals surface area contributed by atoms with Crippen LogP contribution in [0.25, 0.3) is 10.8 Å². The molecule has 2 rings (SSSR count). The summed E-state index contributed by atoms with van der Waals surface area (Å²) >= 11 is 0. The van der Waals surface area contributed by atoms with Gasteiger partial charge in [0, 0.05) is 0 Å². The van der Waals surface area contributed by atoms with E-state index in [2.05, 4.69) is 49.4 Å². The van der Waals surface area contributed by atoms with E-state index in [1.807, 2.05) is 0 Å². The summed E-state index contributed by atoms with van der Waals surface area (Å²) in [6, 6.07) is 14.8. The Morgan fingerprint density at radius 2 is 1.50 bits per heavy atom. The molecule has 12 heavy (non-hydrogen) atoms. The van der Waals surface area contributed by atoms with Crippen LogP contribution < -0.4 is 0 Å². The summed E-state index contributed by atoms with van der Waals surface area (Å²) in [5.41, 5.74) is 1.35. The zero-order valence-electron chi connectivity index (χ0n) is 6.54. The molecule has 0 nitrogen and oxygen atoms in total. The van der Waals surface area contributed by atoms with Crippen molar-refractivity contribution in [2.45, 2.75) is 6.92 Å². The van der Waals surface area contributed by atoms with Gasteiger partial charge >= 0.3 is 29.6 Å². The summed E-state index contributed by atoms with van der Waals surface area (Å²) in [4.78, 5) is 0. The van der Waals surface area contributed by atoms with E-state index >= 15 is 0 Å². The van der Waals surface area contributed by atoms with Crippen LogP contribution in [0.2, 0.25) is 0 Å². The summed E-state index contributed by atoms with van der Waals surface area (Å²) in [5, 5.41) is 2.68. The second-order valence-corrected chi connectivity index (χ2v) is 2.80. The van der Waals surface area contributed by atoms with Gasteiger partial charge in [-0.15, -0.1) is 0 Å². The van der Waals surface area contributed by atoms with Gasteiger partial charge in [-0.05, 0) is 23.3 Å². The van der Waals surface area contributed by atoms with Crippen LogP contribution in [0, 0.1) is 6.92 Å². The zero-order chi connectivity index (χ0) is 7.68. The molecule has 0 unspecified atom stereocenters. The van der Waals surface area contributed by atoms with Crippen molar-refractivity contribution in [3.05, 3.63) is 48.0 Å². The van der Waals surface area contributed by atoms with Crippen molar-refractivity contribution in [1.29, 1.82) is 0 Å². The number of fused-ring (bicyclic) bond motifs is 1. The standard InChI is InChI=1S/C11H10.Na.H/c1-9-5-4-7-10-6-2-3-8-11(9)10;;/h2-8H,1H3;;. The first-order valence-corrected chi connectivity index (χ1v) is 3.82. The quantitative estimate of drug-likeness (QED) is 0.527. The van der Waals surface area contributed by atoms with E-state index in [4.69, 9.17) is 0 Å². The number of rotatable bonds is 0. The number of hydrogen-bond acceptors (Lipinski definition) is 0. The Bertz CT molecular complexity index is 374. The molecule has 2 aromatic carbocycles. The normalized spacial score (nSPS) is 9.42. The first kappa shape index (κ1) is 9.79. The van der Waals surface area contributed by atoms with Crippen LogP contribution in [0.4, 0.5) is 0 Å². The molecule has 0 atom stereocenters. The van der Waals surface area contributed by atoms with Crippen LogP contribution in [-0.4, -0.2) is 29.6 Å². The van der Waals surface area contributed by atoms with Gasteiger partial charge in [-0.3, -0.25) is 0 Å². The molecule has 0 fully saturated rings. The minimum absolute atomic E-state index is 0. The Morgan fingerprint density at radius 1 is 0.833 bits per heavy atom. The van der Waals surface area contributed by atoms with Crippen LogP contribution in [0.3, 0.4) is 0 Å². The van der Waals surface area contributed by atoms with Crippen molar-refractivity contribution in [3.8, 4) is 0 Å². The Labute approximate surface area is 94.9 Å². The van der Waals surface area contributed by atoms with Crippen molar-refractivity contribution in [2.75, 3.05) is 0 Å². The second-order valence-electron chi connectivity index (χ2n) is 2.80. The van der Waals surface area contributed by atoms with Gasteiger partial charge in [0.15, 0.2) is 0 Å². The molecule has 0 aromatic heterocycles. The van der Waals surface area contributed by atoms with Crippen molar-refractivity contribution >= 4 is 40.3 Å². The summed E-state index contributed by atoms with van der Waals surface area (Å²) in [6.45, 7) is 2.14. The van der Waals surface area contributed by atoms with Gasteiger partial charge in [0.25, 0.3) is 0 Å². The van der Waals surface area contributed by atoms with Gasteiger partial charge in [0.2, 0.25) is 0 Å². The van der Waals surface area contributed by atoms with Crippen molar-refractivity contribution in [3.63, 3.8) is 0 Å². The van der Waals surface area contributed by atoms with Gasteiger partial charge in [0.1, 0.15) is 0 Å². The molecule has 2 aromatic rings. The Kier molecular flexibility index (Phi) is 3.33. The number of benzene rings is 2. The number of hydrogen-bond donors (Lipinski definition) is 0. The summed E-state index contributed by atoms with van der Waals surface area (Å²) in [7, 11) is 0. The molecule has 0 saturated heterocycles. The van der Waals surface area contributed by atoms with Crippen molar-refractivity contribution in [2.24, 2.45) is 0 Å². The van der Waals surface area contributed by atoms with Crippen LogP contribution in [0.5, 0.6) is 0 Å². The van der Waals surface area contributed by atoms with E-state index in [0.717, 1.165) is 0 Å². The number of aryl methyl sites for hydroxylation is 1. The average molecular weight is 166 g/mol. The Hall–Kier alpha value is -0.300. The fraction of sp³-hybridized carbons (Fsp3) is 0.0909. The van der Waals surface area contributed by atoms with Gasteiger partial charge < -0.3 is 0 Å². The van der Waals surface area contributed by atoms with Crippen molar-refractivity contribution < 1.29 is 0 Å². The summed E-state index contributed by atoms with van der Waals surface area (Å²) < 4.78 is 0. The van der Waals surface area contributed by atoms with E-state index in [0.29, 0.717) is 0 Å². The van der Waals surface area contributed by atoms with E-state index < -0.39 is 0 Å². The predicted octanol–water partition coefficient (Wildman–Crippen LogP) is 2.50. The molecule has 0 spiro atoms. The summed E-state index contributed by atoms with van der Waals surface area (Å²) in [5.74, 6) is 0. The van der Waals surface area contributed by atoms with Crippen LogP contribution >= 0.6 is 0 Å². The molecular weight excluding hydrogens is 155 g/mol. The van der Waals surface area contributed by atoms with E-state index in [1.165, 1.54) is 16.3 Å². The fourth-order valence-electron chi connectivity index (χ4n) is 1.39. The third-order valence-corrected chi connectivity index (χ3v) is 2.01. The topological polar surface area (TPSA) is 0 Å². The third kappa shape index (κ3) is 1.71. The maximum absolute atomic E-state index is 2.16. The van der Waals surface area contributed by atoms with Crippen LogP contribution in [0.15, 0.2) is 42.5 Å². The fourth-order valence-corrected chi connectivity index (χ4v) is 1.39. The van der Waals surface area contributed by atoms with Gasteiger partial charge in [-0.1, -0.05) is 42.5 Å². The second kappa shape index (κ2) is 4.08. The molecular formula is C11H11Na. The zero-order valence-corrected chi connectivity index (χ0v) is 6.54. The van der Waals surface area contributed by atoms with Crippen LogP contribution in [0.1, 0.15) is 5.56 Å². The first-order valence-electron chi connectivity index (χ1n) is 3.82. The molecule has 56 valence electrons. The molecule has 0 bridgehead atoms. The molecule has 0 aliphatic carbocycles. The average Bonchev–Trinajstić information content (AvgIpc) is 2.06. The SMILES string of the molecule is Cc1cccc2ccccc12.[NaH]. The third-order valence-electron chi connectivity index (χ3n) is 2.01. The maximum atomic E-state index is 2.16. The minimum atomic E-state index is 0. The summed E-state index contributed by atoms with van der Waals surface area (Å²) in [6.07, 6.45) is 0. The monoisotopic (exact) mass is 166 g/mol. The molecule has 1 heteroatoms. The molecule has 0 aliphatic rings. The molecule has 0 N–H and O–H groups in total. The van der Waals surface area contributed by atoms with Gasteiger partial charge in [0.05, 0.1) is 0 Å². The van der Waals surface area contributed by atoms with Gasteiger partial charge in [-0.25, -0.2) is 0 Å². The van der Waals surface area contributed by atoms with E-state index in [9.17, 15) is 0 Å². The van der Waals surface area contributed by atoms with Crippen LogP contribution in [-0.2, 0) is 0 Å². The molecule has 0 radical (unpaired) electrons. The van der Waals surface area contributed by atoms with E-state index in [1.54, 1.807) is 0 Å². The molecule has 0 saturated carbocycles. The van der Waals surface area contributed by atoms with E-state index in [-0.39, 0.29) is 29.6 Å². The molecule has 0 amide bonds. The predicted molar refractivity (Wildman–Crippen MR) is 55.8 cm³/mol. The molecule has 0 aliphatic heterocycles. The Balaban J connectivity index is 0.000000720. The molecule has 0 heterocycles. The van der Waals surface area contributed by atoms with Crippen molar-refractivity contribution in [1.82, 2.24) is 0 Å². The Morgan fingerprint density at radius 3 is 2.25 bits per heavy atom.